The molecule has 1 N–H and O–H groups in total. The molecule has 0 aliphatic carbocycles. The Kier molecular flexibility index (Phi) is 7.99. The highest BCUT2D eigenvalue weighted by molar-refractivity contribution is 6.00. The van der Waals surface area contributed by atoms with Crippen LogP contribution in [0.5, 0.6) is 5.75 Å². The first-order valence-electron chi connectivity index (χ1n) is 8.82. The Morgan fingerprint density at radius 1 is 1.00 bits per heavy atom. The molecule has 2 rings (SSSR count). The van der Waals surface area contributed by atoms with Crippen LogP contribution in [0.4, 0.5) is 0 Å². The van der Waals surface area contributed by atoms with Crippen LogP contribution in [-0.4, -0.2) is 43.0 Å². The van der Waals surface area contributed by atoms with Gasteiger partial charge in [0.1, 0.15) is 12.4 Å². The third-order valence-electron chi connectivity index (χ3n) is 3.94. The van der Waals surface area contributed by atoms with Gasteiger partial charge < -0.3 is 14.8 Å². The fourth-order valence-electron chi connectivity index (χ4n) is 2.57. The summed E-state index contributed by atoms with van der Waals surface area (Å²) in [5, 5.41) is 13.9. The third-order valence-corrected chi connectivity index (χ3v) is 3.94. The molecule has 0 aliphatic heterocycles. The molecule has 0 bridgehead atoms. The molecule has 0 aromatic heterocycles. The van der Waals surface area contributed by atoms with E-state index in [9.17, 15) is 5.11 Å². The van der Waals surface area contributed by atoms with Crippen molar-refractivity contribution in [1.82, 2.24) is 4.90 Å². The van der Waals surface area contributed by atoms with Crippen LogP contribution in [-0.2, 0) is 11.3 Å². The van der Waals surface area contributed by atoms with Gasteiger partial charge in [-0.2, -0.15) is 0 Å². The van der Waals surface area contributed by atoms with Gasteiger partial charge in [0.05, 0.1) is 5.71 Å². The first-order chi connectivity index (χ1) is 12.1. The molecule has 0 amide bonds. The smallest absolute Gasteiger partial charge is 0.118 e. The number of aryl methyl sites for hydroxylation is 1. The Morgan fingerprint density at radius 3 is 2.40 bits per heavy atom. The van der Waals surface area contributed by atoms with E-state index in [1.54, 1.807) is 12.1 Å². The van der Waals surface area contributed by atoms with Crippen LogP contribution in [0.3, 0.4) is 0 Å². The molecule has 4 heteroatoms. The average molecular weight is 340 g/mol. The lowest BCUT2D eigenvalue weighted by Gasteiger charge is -2.10. The van der Waals surface area contributed by atoms with Gasteiger partial charge in [-0.15, -0.1) is 0 Å². The minimum Gasteiger partial charge on any atom is -0.508 e. The average Bonchev–Trinajstić information content (AvgIpc) is 2.61. The minimum absolute atomic E-state index is 0.263. The Labute approximate surface area is 150 Å². The molecule has 0 atom stereocenters. The summed E-state index contributed by atoms with van der Waals surface area (Å²) < 4.78 is 0. The Morgan fingerprint density at radius 2 is 1.72 bits per heavy atom. The van der Waals surface area contributed by atoms with Crippen molar-refractivity contribution in [2.45, 2.75) is 25.7 Å². The summed E-state index contributed by atoms with van der Waals surface area (Å²) in [4.78, 5) is 7.67. The highest BCUT2D eigenvalue weighted by Crippen LogP contribution is 2.14. The lowest BCUT2D eigenvalue weighted by Crippen LogP contribution is -2.14. The van der Waals surface area contributed by atoms with E-state index in [2.05, 4.69) is 48.4 Å². The van der Waals surface area contributed by atoms with Crippen molar-refractivity contribution in [1.29, 1.82) is 0 Å². The zero-order valence-electron chi connectivity index (χ0n) is 15.2. The monoisotopic (exact) mass is 340 g/mol. The SMILES string of the molecule is CN(C)CCCON=C(CCCc1ccccc1)c1ccc(O)cc1. The Hall–Kier alpha value is -2.33. The predicted octanol–water partition coefficient (Wildman–Crippen LogP) is 4.09. The summed E-state index contributed by atoms with van der Waals surface area (Å²) in [5.74, 6) is 0.263. The van der Waals surface area contributed by atoms with Gasteiger partial charge in [-0.25, -0.2) is 0 Å². The highest BCUT2D eigenvalue weighted by Gasteiger charge is 2.06. The van der Waals surface area contributed by atoms with E-state index in [1.807, 2.05) is 18.2 Å². The van der Waals surface area contributed by atoms with Gasteiger partial charge in [-0.1, -0.05) is 35.5 Å². The fraction of sp³-hybridized carbons (Fsp3) is 0.381. The number of phenols is 1. The van der Waals surface area contributed by atoms with Crippen molar-refractivity contribution >= 4 is 5.71 Å². The van der Waals surface area contributed by atoms with Crippen molar-refractivity contribution in [2.75, 3.05) is 27.2 Å². The van der Waals surface area contributed by atoms with Gasteiger partial charge in [-0.05, 0) is 75.2 Å². The van der Waals surface area contributed by atoms with Crippen LogP contribution in [0.25, 0.3) is 0 Å². The molecule has 0 aliphatic rings. The van der Waals surface area contributed by atoms with Gasteiger partial charge in [-0.3, -0.25) is 0 Å². The van der Waals surface area contributed by atoms with Crippen LogP contribution in [0.15, 0.2) is 59.8 Å². The van der Waals surface area contributed by atoms with Crippen molar-refractivity contribution in [3.05, 3.63) is 65.7 Å². The predicted molar refractivity (Wildman–Crippen MR) is 103 cm³/mol. The van der Waals surface area contributed by atoms with Gasteiger partial charge >= 0.3 is 0 Å². The number of phenolic OH excluding ortho intramolecular Hbond substituents is 1. The highest BCUT2D eigenvalue weighted by atomic mass is 16.6. The van der Waals surface area contributed by atoms with Gasteiger partial charge in [0.25, 0.3) is 0 Å². The number of hydrogen-bond acceptors (Lipinski definition) is 4. The number of oxime groups is 1. The number of aromatic hydroxyl groups is 1. The summed E-state index contributed by atoms with van der Waals surface area (Å²) in [6, 6.07) is 17.6. The van der Waals surface area contributed by atoms with Crippen LogP contribution >= 0.6 is 0 Å². The van der Waals surface area contributed by atoms with Crippen LogP contribution < -0.4 is 0 Å². The van der Waals surface area contributed by atoms with Crippen LogP contribution in [0, 0.1) is 0 Å². The van der Waals surface area contributed by atoms with E-state index in [0.29, 0.717) is 6.61 Å². The summed E-state index contributed by atoms with van der Waals surface area (Å²) in [6.07, 6.45) is 3.81. The molecule has 25 heavy (non-hydrogen) atoms. The number of rotatable bonds is 10. The molecule has 134 valence electrons. The molecular formula is C21H28N2O2. The minimum atomic E-state index is 0.263. The Bertz CT molecular complexity index is 637. The quantitative estimate of drug-likeness (QED) is 0.402. The van der Waals surface area contributed by atoms with Crippen LogP contribution in [0.1, 0.15) is 30.4 Å². The fourth-order valence-corrected chi connectivity index (χ4v) is 2.57. The second kappa shape index (κ2) is 10.5. The number of benzene rings is 2. The first kappa shape index (κ1) is 19.0. The first-order valence-corrected chi connectivity index (χ1v) is 8.82. The molecule has 0 heterocycles. The second-order valence-electron chi connectivity index (χ2n) is 6.41. The van der Waals surface area contributed by atoms with E-state index < -0.39 is 0 Å². The lowest BCUT2D eigenvalue weighted by molar-refractivity contribution is 0.134. The summed E-state index contributed by atoms with van der Waals surface area (Å²) in [7, 11) is 4.10. The van der Waals surface area contributed by atoms with E-state index in [4.69, 9.17) is 4.84 Å². The summed E-state index contributed by atoms with van der Waals surface area (Å²) in [5.41, 5.74) is 3.26. The van der Waals surface area contributed by atoms with Gasteiger partial charge in [0.15, 0.2) is 0 Å². The molecule has 4 nitrogen and oxygen atoms in total. The standard InChI is InChI=1S/C21H28N2O2/c1-23(2)16-7-17-25-22-21(19-12-14-20(24)15-13-19)11-6-10-18-8-4-3-5-9-18/h3-5,8-9,12-15,24H,6-7,10-11,16-17H2,1-2H3. The molecule has 0 saturated carbocycles. The number of nitrogens with zero attached hydrogens (tertiary/aromatic N) is 2. The molecule has 2 aromatic carbocycles. The summed E-state index contributed by atoms with van der Waals surface area (Å²) in [6.45, 7) is 1.59. The largest absolute Gasteiger partial charge is 0.508 e. The maximum Gasteiger partial charge on any atom is 0.118 e. The van der Waals surface area contributed by atoms with Gasteiger partial charge in [0.2, 0.25) is 0 Å². The van der Waals surface area contributed by atoms with Crippen molar-refractivity contribution in [3.63, 3.8) is 0 Å². The lowest BCUT2D eigenvalue weighted by atomic mass is 10.0. The van der Waals surface area contributed by atoms with Crippen molar-refractivity contribution in [2.24, 2.45) is 5.16 Å². The van der Waals surface area contributed by atoms with E-state index in [-0.39, 0.29) is 5.75 Å². The topological polar surface area (TPSA) is 45.1 Å². The zero-order chi connectivity index (χ0) is 17.9. The van der Waals surface area contributed by atoms with E-state index in [0.717, 1.165) is 43.5 Å². The second-order valence-corrected chi connectivity index (χ2v) is 6.41. The Balaban J connectivity index is 1.92. The molecule has 0 spiro atoms. The molecule has 2 aromatic rings. The maximum atomic E-state index is 9.49. The van der Waals surface area contributed by atoms with Gasteiger partial charge in [0, 0.05) is 6.54 Å². The number of hydrogen-bond donors (Lipinski definition) is 1. The molecular weight excluding hydrogens is 312 g/mol. The maximum absolute atomic E-state index is 9.49. The van der Waals surface area contributed by atoms with Crippen LogP contribution in [0.2, 0.25) is 0 Å². The van der Waals surface area contributed by atoms with E-state index >= 15 is 0 Å². The summed E-state index contributed by atoms with van der Waals surface area (Å²) >= 11 is 0. The van der Waals surface area contributed by atoms with Crippen molar-refractivity contribution < 1.29 is 9.94 Å². The molecule has 0 saturated heterocycles. The third kappa shape index (κ3) is 7.40. The normalized spacial score (nSPS) is 11.7. The molecule has 0 fully saturated rings. The van der Waals surface area contributed by atoms with E-state index in [1.165, 1.54) is 5.56 Å². The van der Waals surface area contributed by atoms with Crippen molar-refractivity contribution in [3.8, 4) is 5.75 Å². The molecule has 0 radical (unpaired) electrons. The zero-order valence-corrected chi connectivity index (χ0v) is 15.2. The molecule has 0 unspecified atom stereocenters.